The Kier molecular flexibility index (Phi) is 5.06. The molecule has 0 saturated carbocycles. The first kappa shape index (κ1) is 17.2. The number of aromatic amines is 1. The van der Waals surface area contributed by atoms with Crippen molar-refractivity contribution in [2.75, 3.05) is 31.0 Å². The van der Waals surface area contributed by atoms with Crippen LogP contribution < -0.4 is 11.3 Å². The first-order valence-corrected chi connectivity index (χ1v) is 8.73. The van der Waals surface area contributed by atoms with Crippen molar-refractivity contribution >= 4 is 28.9 Å². The molecule has 2 aromatic heterocycles. The number of anilines is 1. The Balaban J connectivity index is 1.97. The maximum Gasteiger partial charge on any atom is 0.280 e. The van der Waals surface area contributed by atoms with Crippen LogP contribution in [0.25, 0.3) is 11.2 Å². The summed E-state index contributed by atoms with van der Waals surface area (Å²) in [5.41, 5.74) is 5.46. The first-order valence-electron chi connectivity index (χ1n) is 7.34. The zero-order valence-electron chi connectivity index (χ0n) is 13.0. The minimum Gasteiger partial charge on any atom is -0.394 e. The fourth-order valence-electron chi connectivity index (χ4n) is 2.67. The predicted molar refractivity (Wildman–Crippen MR) is 87.7 cm³/mol. The number of nitrogen functional groups attached to an aromatic ring is 1. The molecule has 0 amide bonds. The second kappa shape index (κ2) is 7.07. The number of imidazole rings is 1. The van der Waals surface area contributed by atoms with Crippen molar-refractivity contribution in [3.05, 3.63) is 16.7 Å². The van der Waals surface area contributed by atoms with Gasteiger partial charge in [0.25, 0.3) is 5.56 Å². The van der Waals surface area contributed by atoms with E-state index in [1.54, 1.807) is 11.8 Å². The number of H-pyrrole nitrogens is 1. The van der Waals surface area contributed by atoms with Gasteiger partial charge in [0.15, 0.2) is 17.4 Å². The summed E-state index contributed by atoms with van der Waals surface area (Å²) in [6.45, 7) is 0.0481. The van der Waals surface area contributed by atoms with Crippen molar-refractivity contribution in [1.82, 2.24) is 19.5 Å². The molecule has 0 bridgehead atoms. The largest absolute Gasteiger partial charge is 0.394 e. The molecule has 132 valence electrons. The molecule has 1 saturated heterocycles. The van der Waals surface area contributed by atoms with Gasteiger partial charge in [-0.3, -0.25) is 14.3 Å². The smallest absolute Gasteiger partial charge is 0.280 e. The van der Waals surface area contributed by atoms with Gasteiger partial charge in [-0.1, -0.05) is 0 Å². The van der Waals surface area contributed by atoms with Crippen molar-refractivity contribution < 1.29 is 19.7 Å². The average molecular weight is 357 g/mol. The lowest BCUT2D eigenvalue weighted by molar-refractivity contribution is -0.0671. The molecule has 1 aliphatic heterocycles. The summed E-state index contributed by atoms with van der Waals surface area (Å²) in [6, 6.07) is 0. The maximum absolute atomic E-state index is 11.9. The van der Waals surface area contributed by atoms with E-state index in [0.29, 0.717) is 6.61 Å². The number of fused-ring (bicyclic) bond motifs is 1. The van der Waals surface area contributed by atoms with Gasteiger partial charge < -0.3 is 25.4 Å². The maximum atomic E-state index is 11.9. The fraction of sp³-hybridized carbons (Fsp3) is 0.615. The van der Waals surface area contributed by atoms with E-state index < -0.39 is 30.1 Å². The van der Waals surface area contributed by atoms with Gasteiger partial charge in [0, 0.05) is 5.75 Å². The molecule has 10 nitrogen and oxygen atoms in total. The van der Waals surface area contributed by atoms with Crippen LogP contribution in [0.2, 0.25) is 0 Å². The Bertz CT molecular complexity index is 765. The number of nitrogens with one attached hydrogen (secondary N) is 1. The molecule has 0 radical (unpaired) electrons. The molecule has 0 spiro atoms. The Hall–Kier alpha value is -1.66. The summed E-state index contributed by atoms with van der Waals surface area (Å²) in [7, 11) is 0. The second-order valence-corrected chi connectivity index (χ2v) is 6.33. The number of nitrogens with zero attached hydrogens (tertiary/aromatic N) is 3. The third-order valence-electron chi connectivity index (χ3n) is 3.82. The predicted octanol–water partition coefficient (Wildman–Crippen LogP) is -1.30. The number of ether oxygens (including phenoxy) is 2. The quantitative estimate of drug-likeness (QED) is 0.463. The Labute approximate surface area is 141 Å². The highest BCUT2D eigenvalue weighted by molar-refractivity contribution is 7.98. The minimum atomic E-state index is -1.02. The standard InChI is InChI=1S/C13H19N5O5S/c1-24-3-2-22-9-8(20)6(4-19)23-12(9)18-5-15-7-10(18)16-13(14)17-11(7)21/h5-6,8-9,12,19-20H,2-4H2,1H3,(H3,14,16,17,21)/t6-,8?,9?,12-/m1/s1. The lowest BCUT2D eigenvalue weighted by Gasteiger charge is -2.21. The minimum absolute atomic E-state index is 0.0497. The topological polar surface area (TPSA) is 149 Å². The van der Waals surface area contributed by atoms with E-state index in [-0.39, 0.29) is 23.7 Å². The van der Waals surface area contributed by atoms with Crippen molar-refractivity contribution in [3.8, 4) is 0 Å². The number of aliphatic hydroxyl groups excluding tert-OH is 2. The molecule has 24 heavy (non-hydrogen) atoms. The summed E-state index contributed by atoms with van der Waals surface area (Å²) in [5.74, 6) is 0.696. The van der Waals surface area contributed by atoms with Crippen molar-refractivity contribution in [2.45, 2.75) is 24.5 Å². The zero-order chi connectivity index (χ0) is 17.3. The lowest BCUT2D eigenvalue weighted by Crippen LogP contribution is -2.36. The van der Waals surface area contributed by atoms with Crippen LogP contribution in [-0.4, -0.2) is 73.3 Å². The van der Waals surface area contributed by atoms with Crippen LogP contribution in [-0.2, 0) is 9.47 Å². The fourth-order valence-corrected chi connectivity index (χ4v) is 2.93. The van der Waals surface area contributed by atoms with E-state index in [2.05, 4.69) is 15.0 Å². The van der Waals surface area contributed by atoms with Crippen molar-refractivity contribution in [2.24, 2.45) is 0 Å². The van der Waals surface area contributed by atoms with E-state index in [0.717, 1.165) is 5.75 Å². The molecule has 0 aromatic carbocycles. The Morgan fingerprint density at radius 1 is 1.58 bits per heavy atom. The highest BCUT2D eigenvalue weighted by atomic mass is 32.2. The van der Waals surface area contributed by atoms with Gasteiger partial charge in [-0.25, -0.2) is 4.98 Å². The number of aromatic nitrogens is 4. The molecule has 2 unspecified atom stereocenters. The molecular weight excluding hydrogens is 338 g/mol. The van der Waals surface area contributed by atoms with Crippen LogP contribution in [0.15, 0.2) is 11.1 Å². The molecule has 4 atom stereocenters. The average Bonchev–Trinajstić information content (AvgIpc) is 3.09. The second-order valence-electron chi connectivity index (χ2n) is 5.34. The normalized spacial score (nSPS) is 27.1. The molecule has 2 aromatic rings. The third kappa shape index (κ3) is 3.00. The molecular formula is C13H19N5O5S. The van der Waals surface area contributed by atoms with Crippen LogP contribution in [0.3, 0.4) is 0 Å². The summed E-state index contributed by atoms with van der Waals surface area (Å²) in [5, 5.41) is 19.7. The van der Waals surface area contributed by atoms with E-state index >= 15 is 0 Å². The summed E-state index contributed by atoms with van der Waals surface area (Å²) in [6.07, 6.45) is 0.00634. The number of thioether (sulfide) groups is 1. The molecule has 3 rings (SSSR count). The van der Waals surface area contributed by atoms with Gasteiger partial charge in [-0.15, -0.1) is 0 Å². The van der Waals surface area contributed by atoms with Crippen LogP contribution >= 0.6 is 11.8 Å². The zero-order valence-corrected chi connectivity index (χ0v) is 13.8. The monoisotopic (exact) mass is 357 g/mol. The van der Waals surface area contributed by atoms with Crippen molar-refractivity contribution in [3.63, 3.8) is 0 Å². The van der Waals surface area contributed by atoms with Crippen LogP contribution in [0.1, 0.15) is 6.23 Å². The molecule has 1 fully saturated rings. The molecule has 0 aliphatic carbocycles. The van der Waals surface area contributed by atoms with Crippen LogP contribution in [0.5, 0.6) is 0 Å². The summed E-state index contributed by atoms with van der Waals surface area (Å²) >= 11 is 1.61. The molecule has 1 aliphatic rings. The SMILES string of the molecule is CSCCOC1C(O)[C@@H](CO)O[C@H]1n1cnc2c(=O)[nH]c(N)nc21. The molecule has 5 N–H and O–H groups in total. The van der Waals surface area contributed by atoms with E-state index in [9.17, 15) is 15.0 Å². The van der Waals surface area contributed by atoms with E-state index in [1.165, 1.54) is 10.9 Å². The van der Waals surface area contributed by atoms with Gasteiger partial charge in [0.05, 0.1) is 19.5 Å². The summed E-state index contributed by atoms with van der Waals surface area (Å²) < 4.78 is 12.9. The highest BCUT2D eigenvalue weighted by Crippen LogP contribution is 2.33. The number of hydrogen-bond donors (Lipinski definition) is 4. The highest BCUT2D eigenvalue weighted by Gasteiger charge is 2.45. The number of nitrogens with two attached hydrogens (primary N) is 1. The van der Waals surface area contributed by atoms with E-state index in [1.807, 2.05) is 6.26 Å². The van der Waals surface area contributed by atoms with Crippen LogP contribution in [0.4, 0.5) is 5.95 Å². The van der Waals surface area contributed by atoms with Gasteiger partial charge in [0.2, 0.25) is 5.95 Å². The third-order valence-corrected chi connectivity index (χ3v) is 4.39. The Morgan fingerprint density at radius 3 is 3.08 bits per heavy atom. The number of aliphatic hydroxyl groups is 2. The number of rotatable bonds is 6. The number of hydrogen-bond acceptors (Lipinski definition) is 9. The Morgan fingerprint density at radius 2 is 2.38 bits per heavy atom. The van der Waals surface area contributed by atoms with Gasteiger partial charge in [-0.05, 0) is 6.26 Å². The van der Waals surface area contributed by atoms with Gasteiger partial charge >= 0.3 is 0 Å². The molecule has 11 heteroatoms. The van der Waals surface area contributed by atoms with Gasteiger partial charge in [-0.2, -0.15) is 16.7 Å². The molecule has 3 heterocycles. The van der Waals surface area contributed by atoms with Crippen LogP contribution in [0, 0.1) is 0 Å². The van der Waals surface area contributed by atoms with Gasteiger partial charge in [0.1, 0.15) is 18.3 Å². The van der Waals surface area contributed by atoms with E-state index in [4.69, 9.17) is 15.2 Å². The summed E-state index contributed by atoms with van der Waals surface area (Å²) in [4.78, 5) is 22.4. The lowest BCUT2D eigenvalue weighted by atomic mass is 10.1. The van der Waals surface area contributed by atoms with Crippen molar-refractivity contribution in [1.29, 1.82) is 0 Å². The first-order chi connectivity index (χ1) is 11.6.